The molecule has 1 saturated carbocycles. The molecule has 0 saturated heterocycles. The molecule has 1 aliphatic carbocycles. The number of nitrogens with one attached hydrogen (secondary N) is 1. The Morgan fingerprint density at radius 2 is 2.14 bits per heavy atom. The van der Waals surface area contributed by atoms with Crippen LogP contribution in [-0.2, 0) is 4.79 Å². The molecule has 116 valence electrons. The second-order valence-electron chi connectivity index (χ2n) is 5.09. The minimum atomic E-state index is -1.08. The molecule has 0 bridgehead atoms. The van der Waals surface area contributed by atoms with E-state index in [-0.39, 0.29) is 19.2 Å². The van der Waals surface area contributed by atoms with E-state index in [2.05, 4.69) is 5.32 Å². The van der Waals surface area contributed by atoms with E-state index in [9.17, 15) is 14.7 Å². The van der Waals surface area contributed by atoms with Crippen LogP contribution in [0.15, 0.2) is 17.5 Å². The molecule has 2 rings (SSSR count). The van der Waals surface area contributed by atoms with Crippen LogP contribution in [0.4, 0.5) is 4.79 Å². The molecular weight excluding hydrogens is 292 g/mol. The van der Waals surface area contributed by atoms with E-state index in [1.54, 1.807) is 22.4 Å². The third-order valence-corrected chi connectivity index (χ3v) is 4.65. The molecule has 1 aliphatic rings. The highest BCUT2D eigenvalue weighted by Gasteiger charge is 2.30. The van der Waals surface area contributed by atoms with Gasteiger partial charge in [0.1, 0.15) is 0 Å². The number of rotatable bonds is 6. The summed E-state index contributed by atoms with van der Waals surface area (Å²) in [7, 11) is 0. The highest BCUT2D eigenvalue weighted by Crippen LogP contribution is 2.25. The van der Waals surface area contributed by atoms with Gasteiger partial charge in [0.05, 0.1) is 6.61 Å². The number of aliphatic carboxylic acids is 1. The van der Waals surface area contributed by atoms with Gasteiger partial charge < -0.3 is 20.4 Å². The standard InChI is InChI=1S/C14H20N2O4S/c17-8-7-16(10-4-1-2-5-10)14(20)15-12(13(18)19)11-6-3-9-21-11/h3,6,9-10,12,17H,1-2,4-5,7-8H2,(H,15,20)(H,18,19). The number of carbonyl (C=O) groups is 2. The smallest absolute Gasteiger partial charge is 0.331 e. The average Bonchev–Trinajstić information content (AvgIpc) is 3.13. The Bertz CT molecular complexity index is 471. The first-order valence-corrected chi connectivity index (χ1v) is 7.95. The van der Waals surface area contributed by atoms with Gasteiger partial charge >= 0.3 is 12.0 Å². The number of carboxylic acids is 1. The molecule has 1 unspecified atom stereocenters. The summed E-state index contributed by atoms with van der Waals surface area (Å²) < 4.78 is 0. The number of hydrogen-bond acceptors (Lipinski definition) is 4. The number of aliphatic hydroxyl groups excluding tert-OH is 1. The lowest BCUT2D eigenvalue weighted by molar-refractivity contribution is -0.139. The molecule has 1 aromatic heterocycles. The molecule has 1 atom stereocenters. The summed E-state index contributed by atoms with van der Waals surface area (Å²) in [5.74, 6) is -1.08. The molecule has 2 amide bonds. The van der Waals surface area contributed by atoms with Crippen LogP contribution in [0.25, 0.3) is 0 Å². The van der Waals surface area contributed by atoms with Crippen molar-refractivity contribution in [1.82, 2.24) is 10.2 Å². The van der Waals surface area contributed by atoms with Crippen LogP contribution in [0.5, 0.6) is 0 Å². The number of hydrogen-bond donors (Lipinski definition) is 3. The first-order valence-electron chi connectivity index (χ1n) is 7.07. The van der Waals surface area contributed by atoms with Crippen LogP contribution in [0, 0.1) is 0 Å². The lowest BCUT2D eigenvalue weighted by atomic mass is 10.2. The van der Waals surface area contributed by atoms with E-state index in [1.807, 2.05) is 0 Å². The summed E-state index contributed by atoms with van der Waals surface area (Å²) >= 11 is 1.30. The predicted octanol–water partition coefficient (Wildman–Crippen LogP) is 1.82. The average molecular weight is 312 g/mol. The SMILES string of the molecule is O=C(O)C(NC(=O)N(CCO)C1CCCC1)c1cccs1. The fourth-order valence-electron chi connectivity index (χ4n) is 2.69. The summed E-state index contributed by atoms with van der Waals surface area (Å²) in [6, 6.07) is 2.08. The third-order valence-electron chi connectivity index (χ3n) is 3.71. The lowest BCUT2D eigenvalue weighted by Crippen LogP contribution is -2.48. The number of aliphatic hydroxyl groups is 1. The Hall–Kier alpha value is -1.60. The zero-order valence-corrected chi connectivity index (χ0v) is 12.5. The van der Waals surface area contributed by atoms with E-state index in [1.165, 1.54) is 11.3 Å². The zero-order chi connectivity index (χ0) is 15.2. The van der Waals surface area contributed by atoms with Gasteiger partial charge in [0.15, 0.2) is 6.04 Å². The van der Waals surface area contributed by atoms with Crippen molar-refractivity contribution < 1.29 is 19.8 Å². The van der Waals surface area contributed by atoms with Crippen molar-refractivity contribution in [2.45, 2.75) is 37.8 Å². The number of urea groups is 1. The fraction of sp³-hybridized carbons (Fsp3) is 0.571. The van der Waals surface area contributed by atoms with Crippen LogP contribution in [0.3, 0.4) is 0 Å². The highest BCUT2D eigenvalue weighted by molar-refractivity contribution is 7.10. The number of nitrogens with zero attached hydrogens (tertiary/aromatic N) is 1. The molecule has 0 spiro atoms. The lowest BCUT2D eigenvalue weighted by Gasteiger charge is -2.29. The summed E-state index contributed by atoms with van der Waals surface area (Å²) in [6.45, 7) is 0.105. The van der Waals surface area contributed by atoms with Gasteiger partial charge in [-0.3, -0.25) is 0 Å². The first kappa shape index (κ1) is 15.8. The maximum Gasteiger partial charge on any atom is 0.331 e. The van der Waals surface area contributed by atoms with Crippen LogP contribution in [0.1, 0.15) is 36.6 Å². The molecule has 0 radical (unpaired) electrons. The minimum absolute atomic E-state index is 0.0925. The van der Waals surface area contributed by atoms with Crippen LogP contribution < -0.4 is 5.32 Å². The second kappa shape index (κ2) is 7.42. The number of amides is 2. The summed E-state index contributed by atoms with van der Waals surface area (Å²) in [4.78, 5) is 25.9. The van der Waals surface area contributed by atoms with Gasteiger partial charge in [0.25, 0.3) is 0 Å². The summed E-state index contributed by atoms with van der Waals surface area (Å²) in [6.07, 6.45) is 3.94. The molecule has 1 heterocycles. The van der Waals surface area contributed by atoms with E-state index < -0.39 is 18.0 Å². The van der Waals surface area contributed by atoms with E-state index in [0.717, 1.165) is 25.7 Å². The molecule has 21 heavy (non-hydrogen) atoms. The Kier molecular flexibility index (Phi) is 5.58. The fourth-order valence-corrected chi connectivity index (χ4v) is 3.46. The molecule has 6 nitrogen and oxygen atoms in total. The number of carbonyl (C=O) groups excluding carboxylic acids is 1. The van der Waals surface area contributed by atoms with Gasteiger partial charge in [0, 0.05) is 17.5 Å². The molecule has 0 aromatic carbocycles. The van der Waals surface area contributed by atoms with Crippen molar-refractivity contribution in [1.29, 1.82) is 0 Å². The van der Waals surface area contributed by atoms with Crippen molar-refractivity contribution in [3.8, 4) is 0 Å². The maximum atomic E-state index is 12.4. The van der Waals surface area contributed by atoms with E-state index in [4.69, 9.17) is 5.11 Å². The van der Waals surface area contributed by atoms with Crippen molar-refractivity contribution in [2.24, 2.45) is 0 Å². The Labute approximate surface area is 127 Å². The topological polar surface area (TPSA) is 89.9 Å². The molecular formula is C14H20N2O4S. The Balaban J connectivity index is 2.07. The van der Waals surface area contributed by atoms with Gasteiger partial charge in [-0.2, -0.15) is 0 Å². The largest absolute Gasteiger partial charge is 0.479 e. The van der Waals surface area contributed by atoms with Crippen LogP contribution in [0.2, 0.25) is 0 Å². The monoisotopic (exact) mass is 312 g/mol. The molecule has 7 heteroatoms. The van der Waals surface area contributed by atoms with Gasteiger partial charge in [-0.25, -0.2) is 9.59 Å². The first-order chi connectivity index (χ1) is 10.1. The van der Waals surface area contributed by atoms with Gasteiger partial charge in [-0.1, -0.05) is 18.9 Å². The summed E-state index contributed by atoms with van der Waals surface area (Å²) in [5.41, 5.74) is 0. The van der Waals surface area contributed by atoms with Gasteiger partial charge in [-0.15, -0.1) is 11.3 Å². The third kappa shape index (κ3) is 3.95. The Morgan fingerprint density at radius 3 is 2.67 bits per heavy atom. The van der Waals surface area contributed by atoms with Crippen LogP contribution >= 0.6 is 11.3 Å². The minimum Gasteiger partial charge on any atom is -0.479 e. The molecule has 3 N–H and O–H groups in total. The predicted molar refractivity (Wildman–Crippen MR) is 79.3 cm³/mol. The Morgan fingerprint density at radius 1 is 1.43 bits per heavy atom. The van der Waals surface area contributed by atoms with Crippen molar-refractivity contribution in [3.63, 3.8) is 0 Å². The van der Waals surface area contributed by atoms with Gasteiger partial charge in [-0.05, 0) is 24.3 Å². The van der Waals surface area contributed by atoms with Crippen LogP contribution in [-0.4, -0.2) is 46.3 Å². The molecule has 1 fully saturated rings. The van der Waals surface area contributed by atoms with Crippen molar-refractivity contribution in [3.05, 3.63) is 22.4 Å². The number of carboxylic acid groups (broad SMARTS) is 1. The van der Waals surface area contributed by atoms with Crippen molar-refractivity contribution in [2.75, 3.05) is 13.2 Å². The second-order valence-corrected chi connectivity index (χ2v) is 6.07. The highest BCUT2D eigenvalue weighted by atomic mass is 32.1. The molecule has 1 aromatic rings. The normalized spacial score (nSPS) is 16.6. The van der Waals surface area contributed by atoms with E-state index >= 15 is 0 Å². The quantitative estimate of drug-likeness (QED) is 0.747. The maximum absolute atomic E-state index is 12.4. The zero-order valence-electron chi connectivity index (χ0n) is 11.7. The summed E-state index contributed by atoms with van der Waals surface area (Å²) in [5, 5.41) is 22.8. The van der Waals surface area contributed by atoms with E-state index in [0.29, 0.717) is 4.88 Å². The molecule has 0 aliphatic heterocycles. The number of thiophene rings is 1. The van der Waals surface area contributed by atoms with Crippen molar-refractivity contribution >= 4 is 23.3 Å². The van der Waals surface area contributed by atoms with Gasteiger partial charge in [0.2, 0.25) is 0 Å².